The van der Waals surface area contributed by atoms with Gasteiger partial charge >= 0.3 is 6.61 Å². The summed E-state index contributed by atoms with van der Waals surface area (Å²) in [6.45, 7) is -2.96. The molecule has 136 valence electrons. The number of nitrogens with one attached hydrogen (secondary N) is 2. The predicted molar refractivity (Wildman–Crippen MR) is 95.9 cm³/mol. The molecule has 3 aromatic rings. The Morgan fingerprint density at radius 1 is 1.31 bits per heavy atom. The first-order valence-corrected chi connectivity index (χ1v) is 9.37. The highest BCUT2D eigenvalue weighted by Crippen LogP contribution is 2.26. The second-order valence-corrected chi connectivity index (χ2v) is 7.01. The monoisotopic (exact) mass is 396 g/mol. The van der Waals surface area contributed by atoms with E-state index in [1.807, 2.05) is 17.5 Å². The Labute approximate surface area is 156 Å². The van der Waals surface area contributed by atoms with Crippen LogP contribution in [0.3, 0.4) is 0 Å². The maximum absolute atomic E-state index is 12.4. The van der Waals surface area contributed by atoms with E-state index >= 15 is 0 Å². The standard InChI is InChI=1S/C16H14F2N4O2S2/c17-15(18)24-12-6-2-1-5-11(12)19-14(23)9-26-16-20-13(21-22-16)8-10-4-3-7-25-10/h1-7,15H,8-9H2,(H,19,23)(H,20,21,22). The summed E-state index contributed by atoms with van der Waals surface area (Å²) < 4.78 is 29.2. The normalized spacial score (nSPS) is 10.9. The van der Waals surface area contributed by atoms with Gasteiger partial charge in [-0.15, -0.1) is 16.4 Å². The Balaban J connectivity index is 1.52. The van der Waals surface area contributed by atoms with Crippen molar-refractivity contribution in [2.75, 3.05) is 11.1 Å². The summed E-state index contributed by atoms with van der Waals surface area (Å²) in [6.07, 6.45) is 0.649. The van der Waals surface area contributed by atoms with Gasteiger partial charge in [-0.2, -0.15) is 8.78 Å². The Morgan fingerprint density at radius 3 is 2.92 bits per heavy atom. The minimum absolute atomic E-state index is 0.0410. The van der Waals surface area contributed by atoms with Gasteiger partial charge < -0.3 is 10.1 Å². The van der Waals surface area contributed by atoms with Crippen LogP contribution in [0.1, 0.15) is 10.7 Å². The number of halogens is 2. The van der Waals surface area contributed by atoms with Gasteiger partial charge in [0.1, 0.15) is 11.6 Å². The molecule has 0 saturated carbocycles. The number of amides is 1. The van der Waals surface area contributed by atoms with Crippen molar-refractivity contribution >= 4 is 34.7 Å². The SMILES string of the molecule is O=C(CSc1n[nH]c(Cc2cccs2)n1)Nc1ccccc1OC(F)F. The fourth-order valence-electron chi connectivity index (χ4n) is 2.08. The predicted octanol–water partition coefficient (Wildman–Crippen LogP) is 3.79. The number of alkyl halides is 2. The van der Waals surface area contributed by atoms with Crippen LogP contribution in [0.25, 0.3) is 0 Å². The minimum Gasteiger partial charge on any atom is -0.433 e. The average molecular weight is 396 g/mol. The summed E-state index contributed by atoms with van der Waals surface area (Å²) in [5.74, 6) is 0.298. The molecule has 6 nitrogen and oxygen atoms in total. The van der Waals surface area contributed by atoms with Crippen molar-refractivity contribution in [3.8, 4) is 5.75 Å². The van der Waals surface area contributed by atoms with Gasteiger partial charge in [0, 0.05) is 11.3 Å². The summed E-state index contributed by atoms with van der Waals surface area (Å²) in [5, 5.41) is 11.9. The lowest BCUT2D eigenvalue weighted by Gasteiger charge is -2.11. The van der Waals surface area contributed by atoms with Crippen molar-refractivity contribution in [1.29, 1.82) is 0 Å². The first-order valence-electron chi connectivity index (χ1n) is 7.50. The fraction of sp³-hybridized carbons (Fsp3) is 0.188. The largest absolute Gasteiger partial charge is 0.433 e. The molecule has 2 heterocycles. The number of nitrogens with zero attached hydrogens (tertiary/aromatic N) is 2. The van der Waals surface area contributed by atoms with Crippen molar-refractivity contribution in [3.63, 3.8) is 0 Å². The first kappa shape index (κ1) is 18.3. The Hall–Kier alpha value is -2.46. The van der Waals surface area contributed by atoms with E-state index in [1.54, 1.807) is 23.5 Å². The van der Waals surface area contributed by atoms with Gasteiger partial charge in [-0.05, 0) is 23.6 Å². The first-order chi connectivity index (χ1) is 12.6. The number of thioether (sulfide) groups is 1. The van der Waals surface area contributed by atoms with Crippen LogP contribution in [0.15, 0.2) is 46.9 Å². The number of benzene rings is 1. The number of anilines is 1. The summed E-state index contributed by atoms with van der Waals surface area (Å²) in [4.78, 5) is 17.5. The number of H-pyrrole nitrogens is 1. The van der Waals surface area contributed by atoms with E-state index in [4.69, 9.17) is 0 Å². The third-order valence-electron chi connectivity index (χ3n) is 3.14. The molecule has 1 aromatic carbocycles. The van der Waals surface area contributed by atoms with Crippen molar-refractivity contribution in [2.45, 2.75) is 18.2 Å². The summed E-state index contributed by atoms with van der Waals surface area (Å²) >= 11 is 2.78. The number of rotatable bonds is 8. The number of carbonyl (C=O) groups excluding carboxylic acids is 1. The van der Waals surface area contributed by atoms with E-state index in [2.05, 4.69) is 25.2 Å². The van der Waals surface area contributed by atoms with Gasteiger partial charge in [0.2, 0.25) is 11.1 Å². The summed E-state index contributed by atoms with van der Waals surface area (Å²) in [7, 11) is 0. The number of hydrogen-bond donors (Lipinski definition) is 2. The van der Waals surface area contributed by atoms with Crippen molar-refractivity contribution in [1.82, 2.24) is 15.2 Å². The van der Waals surface area contributed by atoms with Crippen molar-refractivity contribution < 1.29 is 18.3 Å². The fourth-order valence-corrected chi connectivity index (χ4v) is 3.41. The highest BCUT2D eigenvalue weighted by Gasteiger charge is 2.13. The molecule has 0 fully saturated rings. The number of para-hydroxylation sites is 2. The number of carbonyl (C=O) groups is 1. The average Bonchev–Trinajstić information content (AvgIpc) is 3.27. The van der Waals surface area contributed by atoms with E-state index in [0.717, 1.165) is 16.6 Å². The molecule has 0 spiro atoms. The molecular weight excluding hydrogens is 382 g/mol. The topological polar surface area (TPSA) is 79.9 Å². The number of thiophene rings is 1. The molecule has 10 heteroatoms. The molecule has 0 unspecified atom stereocenters. The van der Waals surface area contributed by atoms with Gasteiger partial charge in [0.25, 0.3) is 0 Å². The van der Waals surface area contributed by atoms with E-state index in [1.165, 1.54) is 12.1 Å². The molecule has 2 N–H and O–H groups in total. The van der Waals surface area contributed by atoms with E-state index in [0.29, 0.717) is 17.4 Å². The van der Waals surface area contributed by atoms with Gasteiger partial charge in [0.15, 0.2) is 0 Å². The smallest absolute Gasteiger partial charge is 0.387 e. The van der Waals surface area contributed by atoms with E-state index in [9.17, 15) is 13.6 Å². The Kier molecular flexibility index (Phi) is 6.18. The molecule has 1 amide bonds. The third-order valence-corrected chi connectivity index (χ3v) is 4.87. The second-order valence-electron chi connectivity index (χ2n) is 5.03. The molecule has 26 heavy (non-hydrogen) atoms. The highest BCUT2D eigenvalue weighted by atomic mass is 32.2. The molecule has 2 aromatic heterocycles. The minimum atomic E-state index is -2.96. The highest BCUT2D eigenvalue weighted by molar-refractivity contribution is 7.99. The molecule has 0 radical (unpaired) electrons. The molecular formula is C16H14F2N4O2S2. The zero-order valence-corrected chi connectivity index (χ0v) is 14.9. The van der Waals surface area contributed by atoms with Crippen LogP contribution < -0.4 is 10.1 Å². The number of aromatic amines is 1. The number of aromatic nitrogens is 3. The van der Waals surface area contributed by atoms with Crippen LogP contribution >= 0.6 is 23.1 Å². The van der Waals surface area contributed by atoms with E-state index < -0.39 is 6.61 Å². The molecule has 0 aliphatic heterocycles. The van der Waals surface area contributed by atoms with Crippen LogP contribution in [-0.4, -0.2) is 33.5 Å². The maximum Gasteiger partial charge on any atom is 0.387 e. The van der Waals surface area contributed by atoms with Gasteiger partial charge in [0.05, 0.1) is 11.4 Å². The molecule has 0 saturated heterocycles. The molecule has 0 atom stereocenters. The van der Waals surface area contributed by atoms with Crippen molar-refractivity contribution in [2.24, 2.45) is 0 Å². The van der Waals surface area contributed by atoms with Crippen molar-refractivity contribution in [3.05, 3.63) is 52.5 Å². The van der Waals surface area contributed by atoms with Crippen LogP contribution in [0.2, 0.25) is 0 Å². The molecule has 0 aliphatic carbocycles. The lowest BCUT2D eigenvalue weighted by Crippen LogP contribution is -2.15. The van der Waals surface area contributed by atoms with Gasteiger partial charge in [-0.25, -0.2) is 4.98 Å². The third kappa shape index (κ3) is 5.27. The zero-order valence-electron chi connectivity index (χ0n) is 13.3. The maximum atomic E-state index is 12.4. The van der Waals surface area contributed by atoms with Gasteiger partial charge in [-0.1, -0.05) is 30.0 Å². The van der Waals surface area contributed by atoms with Crippen LogP contribution in [0, 0.1) is 0 Å². The van der Waals surface area contributed by atoms with Crippen LogP contribution in [0.5, 0.6) is 5.75 Å². The second kappa shape index (κ2) is 8.77. The van der Waals surface area contributed by atoms with Crippen LogP contribution in [-0.2, 0) is 11.2 Å². The number of ether oxygens (including phenoxy) is 1. The lowest BCUT2D eigenvalue weighted by molar-refractivity contribution is -0.113. The summed E-state index contributed by atoms with van der Waals surface area (Å²) in [5.41, 5.74) is 0.187. The van der Waals surface area contributed by atoms with Crippen LogP contribution in [0.4, 0.5) is 14.5 Å². The summed E-state index contributed by atoms with van der Waals surface area (Å²) in [6, 6.07) is 9.99. The zero-order chi connectivity index (χ0) is 18.4. The van der Waals surface area contributed by atoms with E-state index in [-0.39, 0.29) is 23.1 Å². The quantitative estimate of drug-likeness (QED) is 0.567. The number of hydrogen-bond acceptors (Lipinski definition) is 6. The Morgan fingerprint density at radius 2 is 2.15 bits per heavy atom. The molecule has 0 bridgehead atoms. The van der Waals surface area contributed by atoms with Gasteiger partial charge in [-0.3, -0.25) is 9.89 Å². The Bertz CT molecular complexity index is 856. The molecule has 3 rings (SSSR count). The lowest BCUT2D eigenvalue weighted by atomic mass is 10.3. The molecule has 0 aliphatic rings.